The van der Waals surface area contributed by atoms with Crippen LogP contribution in [0.25, 0.3) is 232 Å². The molecule has 24 rings (SSSR count). The van der Waals surface area contributed by atoms with Crippen LogP contribution in [0.5, 0.6) is 0 Å². The van der Waals surface area contributed by atoms with Crippen LogP contribution in [-0.2, 0) is 0 Å². The van der Waals surface area contributed by atoms with Crippen molar-refractivity contribution in [1.29, 1.82) is 0 Å². The molecule has 9 heterocycles. The summed E-state index contributed by atoms with van der Waals surface area (Å²) in [5, 5.41) is 63.0. The number of pyridine rings is 3. The summed E-state index contributed by atoms with van der Waals surface area (Å²) in [5.74, 6) is 0. The molecule has 24 aromatic rings. The molecule has 0 aliphatic heterocycles. The Bertz CT molecular complexity index is 7870. The van der Waals surface area contributed by atoms with Crippen molar-refractivity contribution in [3.8, 4) is 101 Å². The minimum absolute atomic E-state index is 0.740. The van der Waals surface area contributed by atoms with E-state index in [0.717, 1.165) is 162 Å². The Kier molecular flexibility index (Phi) is 17.2. The van der Waals surface area contributed by atoms with Crippen molar-refractivity contribution in [3.05, 3.63) is 347 Å². The van der Waals surface area contributed by atoms with E-state index in [9.17, 15) is 0 Å². The molecule has 0 saturated heterocycles. The Labute approximate surface area is 681 Å². The van der Waals surface area contributed by atoms with Crippen molar-refractivity contribution < 1.29 is 0 Å². The standard InChI is InChI=1S/3C33H19N7/c1-3-7-25-20(5-1)13-21-6-2-4-8-26(21)33(25)24-16-29(22-9-11-27-31(14-22)34-18-36-39-27)38-30(17-24)23-10-12-28-32(15-23)35-19-37-40-28;1-2-5-21-13-27-22(12-20(21)4-1)6-3-7-26(27)25-16-30(23-8-10-28-32(14-23)34-18-36-39-28)38-31(17-25)24-9-11-29-33(15-24)35-19-37-40-29;1-2-4-21-12-26-13-23(6-5-22(26)11-20(21)3-1)27-16-30(24-7-9-28-32(14-24)34-18-36-39-28)38-31(17-27)25-8-10-29-33(15-25)35-19-37-40-29/h3*1-19H. The van der Waals surface area contributed by atoms with Crippen LogP contribution in [0.15, 0.2) is 347 Å². The number of fused-ring (bicyclic) bond motifs is 12. The lowest BCUT2D eigenvalue weighted by Gasteiger charge is -2.15. The molecule has 558 valence electrons. The zero-order valence-electron chi connectivity index (χ0n) is 63.3. The minimum Gasteiger partial charge on any atom is -0.248 e. The third kappa shape index (κ3) is 13.4. The van der Waals surface area contributed by atoms with Gasteiger partial charge in [0, 0.05) is 33.4 Å². The predicted molar refractivity (Wildman–Crippen MR) is 472 cm³/mol. The van der Waals surface area contributed by atoms with E-state index in [0.29, 0.717) is 0 Å². The predicted octanol–water partition coefficient (Wildman–Crippen LogP) is 21.2. The van der Waals surface area contributed by atoms with E-state index in [4.69, 9.17) is 15.0 Å². The summed E-state index contributed by atoms with van der Waals surface area (Å²) in [4.78, 5) is 41.8. The average molecular weight is 1540 g/mol. The van der Waals surface area contributed by atoms with Crippen LogP contribution >= 0.6 is 0 Å². The van der Waals surface area contributed by atoms with E-state index >= 15 is 0 Å². The molecule has 0 aliphatic rings. The highest BCUT2D eigenvalue weighted by atomic mass is 15.2. The van der Waals surface area contributed by atoms with Gasteiger partial charge < -0.3 is 0 Å². The molecular weight excluding hydrogens is 1480 g/mol. The average Bonchev–Trinajstić information content (AvgIpc) is 0.756. The second-order valence-electron chi connectivity index (χ2n) is 29.0. The lowest BCUT2D eigenvalue weighted by atomic mass is 9.91. The molecule has 120 heavy (non-hydrogen) atoms. The van der Waals surface area contributed by atoms with Crippen LogP contribution in [0.1, 0.15) is 0 Å². The maximum absolute atomic E-state index is 5.15. The third-order valence-corrected chi connectivity index (χ3v) is 21.7. The summed E-state index contributed by atoms with van der Waals surface area (Å²) in [5.41, 5.74) is 26.5. The molecule has 0 N–H and O–H groups in total. The summed E-state index contributed by atoms with van der Waals surface area (Å²) in [6.45, 7) is 0. The summed E-state index contributed by atoms with van der Waals surface area (Å²) >= 11 is 0. The summed E-state index contributed by atoms with van der Waals surface area (Å²) < 4.78 is 0. The fourth-order valence-corrected chi connectivity index (χ4v) is 15.9. The van der Waals surface area contributed by atoms with Crippen molar-refractivity contribution in [2.75, 3.05) is 0 Å². The number of hydrogen-bond acceptors (Lipinski definition) is 21. The molecule has 15 aromatic carbocycles. The molecule has 0 spiro atoms. The fraction of sp³-hybridized carbons (Fsp3) is 0. The number of hydrogen-bond donors (Lipinski definition) is 0. The topological polar surface area (TPSA) is 271 Å². The molecule has 0 aliphatic carbocycles. The number of benzene rings is 15. The normalized spacial score (nSPS) is 11.5. The summed E-state index contributed by atoms with van der Waals surface area (Å²) in [7, 11) is 0. The molecule has 0 unspecified atom stereocenters. The van der Waals surface area contributed by atoms with Gasteiger partial charge in [-0.1, -0.05) is 164 Å². The zero-order valence-corrected chi connectivity index (χ0v) is 63.3. The van der Waals surface area contributed by atoms with Gasteiger partial charge in [-0.3, -0.25) is 0 Å². The van der Waals surface area contributed by atoms with Gasteiger partial charge in [0.25, 0.3) is 0 Å². The van der Waals surface area contributed by atoms with Crippen molar-refractivity contribution in [2.24, 2.45) is 0 Å². The van der Waals surface area contributed by atoms with E-state index in [1.807, 2.05) is 109 Å². The van der Waals surface area contributed by atoms with Crippen LogP contribution in [0, 0.1) is 0 Å². The number of rotatable bonds is 9. The van der Waals surface area contributed by atoms with Crippen LogP contribution in [0.2, 0.25) is 0 Å². The highest BCUT2D eigenvalue weighted by Gasteiger charge is 2.20. The summed E-state index contributed by atoms with van der Waals surface area (Å²) in [6, 6.07) is 107. The first kappa shape index (κ1) is 69.6. The first-order chi connectivity index (χ1) is 59.3. The van der Waals surface area contributed by atoms with Gasteiger partial charge in [-0.25, -0.2) is 44.9 Å². The van der Waals surface area contributed by atoms with Gasteiger partial charge in [0.1, 0.15) is 71.1 Å². The molecule has 0 saturated carbocycles. The van der Waals surface area contributed by atoms with E-state index in [1.54, 1.807) is 0 Å². The molecule has 0 amide bonds. The van der Waals surface area contributed by atoms with Gasteiger partial charge in [0.2, 0.25) is 0 Å². The Morgan fingerprint density at radius 1 is 0.150 bits per heavy atom. The van der Waals surface area contributed by atoms with Crippen LogP contribution in [0.4, 0.5) is 0 Å². The Morgan fingerprint density at radius 2 is 0.425 bits per heavy atom. The van der Waals surface area contributed by atoms with Crippen LogP contribution in [-0.4, -0.2) is 106 Å². The third-order valence-electron chi connectivity index (χ3n) is 21.7. The van der Waals surface area contributed by atoms with Crippen molar-refractivity contribution >= 4 is 131 Å². The highest BCUT2D eigenvalue weighted by Crippen LogP contribution is 2.43. The van der Waals surface area contributed by atoms with E-state index in [1.165, 1.54) is 108 Å². The van der Waals surface area contributed by atoms with Crippen LogP contribution < -0.4 is 0 Å². The Balaban J connectivity index is 0.000000108. The van der Waals surface area contributed by atoms with Crippen molar-refractivity contribution in [2.45, 2.75) is 0 Å². The van der Waals surface area contributed by atoms with Gasteiger partial charge >= 0.3 is 0 Å². The molecule has 0 bridgehead atoms. The van der Waals surface area contributed by atoms with Crippen LogP contribution in [0.3, 0.4) is 0 Å². The molecule has 21 heteroatoms. The van der Waals surface area contributed by atoms with Gasteiger partial charge in [-0.15, -0.1) is 61.2 Å². The minimum atomic E-state index is 0.740. The summed E-state index contributed by atoms with van der Waals surface area (Å²) in [6.07, 6.45) is 8.79. The smallest absolute Gasteiger partial charge is 0.138 e. The molecule has 9 aromatic heterocycles. The molecule has 0 fully saturated rings. The lowest BCUT2D eigenvalue weighted by Crippen LogP contribution is -1.94. The maximum atomic E-state index is 5.15. The molecular formula is C99H57N21. The monoisotopic (exact) mass is 1540 g/mol. The fourth-order valence-electron chi connectivity index (χ4n) is 15.9. The first-order valence-corrected chi connectivity index (χ1v) is 38.6. The van der Waals surface area contributed by atoms with Gasteiger partial charge in [-0.05, 0) is 244 Å². The SMILES string of the molecule is c1ccc2c(-c3cc(-c4ccc5nncnc5c4)nc(-c4ccc5nncnc5c4)c3)c3ccccc3cc2c1.c1ccc2cc3c(-c4cc(-c5ccc6nncnc6c5)nc(-c5ccc6nncnc6c5)c4)cccc3cc2c1.c1ccc2cc3cc(-c4cc(-c5ccc6nncnc6c5)nc(-c5ccc6nncnc6c5)c4)ccc3cc2c1. The van der Waals surface area contributed by atoms with Crippen molar-refractivity contribution in [3.63, 3.8) is 0 Å². The quantitative estimate of drug-likeness (QED) is 0.121. The largest absolute Gasteiger partial charge is 0.248 e. The second kappa shape index (κ2) is 29.7. The maximum Gasteiger partial charge on any atom is 0.138 e. The van der Waals surface area contributed by atoms with Crippen molar-refractivity contribution in [1.82, 2.24) is 106 Å². The highest BCUT2D eigenvalue weighted by molar-refractivity contribution is 6.14. The van der Waals surface area contributed by atoms with E-state index in [-0.39, 0.29) is 0 Å². The van der Waals surface area contributed by atoms with Gasteiger partial charge in [0.05, 0.1) is 67.3 Å². The first-order valence-electron chi connectivity index (χ1n) is 38.6. The number of nitrogens with zero attached hydrogens (tertiary/aromatic N) is 21. The molecule has 21 nitrogen and oxygen atoms in total. The van der Waals surface area contributed by atoms with Gasteiger partial charge in [-0.2, -0.15) is 0 Å². The lowest BCUT2D eigenvalue weighted by molar-refractivity contribution is 1.02. The zero-order chi connectivity index (χ0) is 79.4. The number of aromatic nitrogens is 21. The molecule has 0 atom stereocenters. The second-order valence-corrected chi connectivity index (χ2v) is 29.0. The van der Waals surface area contributed by atoms with E-state index < -0.39 is 0 Å². The Morgan fingerprint density at radius 3 is 0.800 bits per heavy atom. The molecule has 0 radical (unpaired) electrons. The Hall–Kier alpha value is -17.1. The van der Waals surface area contributed by atoms with Gasteiger partial charge in [0.15, 0.2) is 0 Å². The van der Waals surface area contributed by atoms with E-state index in [2.05, 4.69) is 291 Å².